The van der Waals surface area contributed by atoms with Gasteiger partial charge in [-0.15, -0.1) is 0 Å². The molecule has 0 N–H and O–H groups in total. The van der Waals surface area contributed by atoms with E-state index >= 15 is 0 Å². The van der Waals surface area contributed by atoms with Crippen molar-refractivity contribution in [1.29, 1.82) is 0 Å². The third-order valence-electron chi connectivity index (χ3n) is 3.89. The molecule has 0 heterocycles. The molecule has 0 bridgehead atoms. The predicted molar refractivity (Wildman–Crippen MR) is 103 cm³/mol. The predicted octanol–water partition coefficient (Wildman–Crippen LogP) is 3.51. The van der Waals surface area contributed by atoms with Gasteiger partial charge in [0.2, 0.25) is 0 Å². The average Bonchev–Trinajstić information content (AvgIpc) is 2.72. The first kappa shape index (κ1) is 20.2. The highest BCUT2D eigenvalue weighted by Gasteiger charge is 2.12. The van der Waals surface area contributed by atoms with Gasteiger partial charge >= 0.3 is 0 Å². The van der Waals surface area contributed by atoms with Crippen LogP contribution < -0.4 is 9.47 Å². The lowest BCUT2D eigenvalue weighted by molar-refractivity contribution is -0.184. The second-order valence-corrected chi connectivity index (χ2v) is 5.60. The fourth-order valence-electron chi connectivity index (χ4n) is 2.37. The van der Waals surface area contributed by atoms with E-state index in [1.54, 1.807) is 50.6 Å². The Hall–Kier alpha value is -3.12. The molecule has 6 nitrogen and oxygen atoms in total. The van der Waals surface area contributed by atoms with Crippen LogP contribution in [0.3, 0.4) is 0 Å². The van der Waals surface area contributed by atoms with Crippen LogP contribution in [-0.2, 0) is 16.2 Å². The normalized spacial score (nSPS) is 10.6. The van der Waals surface area contributed by atoms with E-state index in [0.717, 1.165) is 17.4 Å². The van der Waals surface area contributed by atoms with Crippen LogP contribution in [0.2, 0.25) is 0 Å². The minimum absolute atomic E-state index is 0.189. The molecule has 0 spiro atoms. The van der Waals surface area contributed by atoms with Crippen molar-refractivity contribution in [1.82, 2.24) is 5.06 Å². The number of hydroxylamine groups is 2. The van der Waals surface area contributed by atoms with Gasteiger partial charge in [0.1, 0.15) is 24.4 Å². The highest BCUT2D eigenvalue weighted by molar-refractivity contribution is 5.91. The average molecular weight is 369 g/mol. The summed E-state index contributed by atoms with van der Waals surface area (Å²) in [5.74, 6) is 1.04. The molecule has 0 saturated heterocycles. The minimum Gasteiger partial charge on any atom is -0.497 e. The Morgan fingerprint density at radius 3 is 2.33 bits per heavy atom. The summed E-state index contributed by atoms with van der Waals surface area (Å²) in [7, 11) is 3.15. The summed E-state index contributed by atoms with van der Waals surface area (Å²) < 4.78 is 10.5. The van der Waals surface area contributed by atoms with Crippen LogP contribution in [0.25, 0.3) is 6.08 Å². The number of rotatable bonds is 9. The number of carbonyl (C=O) groups excluding carboxylic acids is 2. The van der Waals surface area contributed by atoms with Gasteiger partial charge in [0.25, 0.3) is 5.91 Å². The van der Waals surface area contributed by atoms with Crippen LogP contribution in [0, 0.1) is 0 Å². The number of benzene rings is 2. The van der Waals surface area contributed by atoms with Crippen molar-refractivity contribution in [2.24, 2.45) is 0 Å². The molecule has 0 aliphatic heterocycles. The maximum atomic E-state index is 12.4. The van der Waals surface area contributed by atoms with Crippen LogP contribution in [-0.4, -0.2) is 38.0 Å². The van der Waals surface area contributed by atoms with Crippen molar-refractivity contribution >= 4 is 18.3 Å². The highest BCUT2D eigenvalue weighted by Crippen LogP contribution is 2.25. The van der Waals surface area contributed by atoms with Crippen LogP contribution in [0.15, 0.2) is 48.5 Å². The summed E-state index contributed by atoms with van der Waals surface area (Å²) in [5.41, 5.74) is 2.21. The molecule has 0 saturated carbocycles. The zero-order valence-corrected chi connectivity index (χ0v) is 15.7. The number of methoxy groups -OCH3 is 2. The zero-order valence-electron chi connectivity index (χ0n) is 15.7. The summed E-state index contributed by atoms with van der Waals surface area (Å²) in [6, 6.07) is 12.3. The number of aldehydes is 1. The maximum absolute atomic E-state index is 12.4. The molecule has 1 amide bonds. The molecule has 0 aliphatic carbocycles. The van der Waals surface area contributed by atoms with Gasteiger partial charge in [0.05, 0.1) is 14.2 Å². The largest absolute Gasteiger partial charge is 0.497 e. The molecular formula is C21H23NO5. The van der Waals surface area contributed by atoms with Crippen molar-refractivity contribution < 1.29 is 23.9 Å². The zero-order chi connectivity index (χ0) is 19.6. The van der Waals surface area contributed by atoms with E-state index in [2.05, 4.69) is 0 Å². The number of amides is 1. The van der Waals surface area contributed by atoms with E-state index in [1.165, 1.54) is 11.1 Å². The Balaban J connectivity index is 2.00. The summed E-state index contributed by atoms with van der Waals surface area (Å²) >= 11 is 0. The summed E-state index contributed by atoms with van der Waals surface area (Å²) in [5, 5.41) is 1.28. The van der Waals surface area contributed by atoms with Crippen molar-refractivity contribution in [2.75, 3.05) is 20.8 Å². The second-order valence-electron chi connectivity index (χ2n) is 5.60. The molecule has 0 unspecified atom stereocenters. The summed E-state index contributed by atoms with van der Waals surface area (Å²) in [6.07, 6.45) is 3.89. The summed E-state index contributed by atoms with van der Waals surface area (Å²) in [6.45, 7) is 2.41. The molecular weight excluding hydrogens is 346 g/mol. The van der Waals surface area contributed by atoms with E-state index < -0.39 is 0 Å². The smallest absolute Gasteiger partial charge is 0.270 e. The van der Waals surface area contributed by atoms with E-state index in [9.17, 15) is 9.59 Å². The molecule has 0 aromatic heterocycles. The Kier molecular flexibility index (Phi) is 7.58. The number of hydrogen-bond acceptors (Lipinski definition) is 5. The molecule has 6 heteroatoms. The molecule has 2 aromatic rings. The van der Waals surface area contributed by atoms with Crippen molar-refractivity contribution in [3.05, 3.63) is 65.2 Å². The molecule has 2 aromatic carbocycles. The lowest BCUT2D eigenvalue weighted by Gasteiger charge is -2.19. The number of ether oxygens (including phenoxy) is 2. The van der Waals surface area contributed by atoms with Crippen molar-refractivity contribution in [3.63, 3.8) is 0 Å². The van der Waals surface area contributed by atoms with Gasteiger partial charge in [0, 0.05) is 29.8 Å². The standard InChI is InChI=1S/C21H23NO5/c1-4-22(21(24)12-9-16-5-7-17(14-23)8-6-16)27-15-18-10-11-19(25-2)13-20(18)26-3/h5-14H,4,15H2,1-3H3/b12-9+. The van der Waals surface area contributed by atoms with Crippen LogP contribution in [0.4, 0.5) is 0 Å². The molecule has 27 heavy (non-hydrogen) atoms. The number of nitrogens with zero attached hydrogens (tertiary/aromatic N) is 1. The van der Waals surface area contributed by atoms with Crippen molar-refractivity contribution in [2.45, 2.75) is 13.5 Å². The molecule has 0 fully saturated rings. The van der Waals surface area contributed by atoms with Crippen molar-refractivity contribution in [3.8, 4) is 11.5 Å². The van der Waals surface area contributed by atoms with E-state index in [1.807, 2.05) is 19.1 Å². The van der Waals surface area contributed by atoms with Gasteiger partial charge in [-0.05, 0) is 30.7 Å². The fraction of sp³-hybridized carbons (Fsp3) is 0.238. The number of hydrogen-bond donors (Lipinski definition) is 0. The first-order valence-electron chi connectivity index (χ1n) is 8.50. The van der Waals surface area contributed by atoms with Gasteiger partial charge in [-0.3, -0.25) is 14.4 Å². The Bertz CT molecular complexity index is 799. The lowest BCUT2D eigenvalue weighted by atomic mass is 10.1. The van der Waals surface area contributed by atoms with E-state index in [4.69, 9.17) is 14.3 Å². The Morgan fingerprint density at radius 1 is 1.04 bits per heavy atom. The Labute approximate surface area is 158 Å². The molecule has 0 atom stereocenters. The molecule has 2 rings (SSSR count). The van der Waals surface area contributed by atoms with Gasteiger partial charge in [-0.1, -0.05) is 24.3 Å². The SMILES string of the molecule is CCN(OCc1ccc(OC)cc1OC)C(=O)/C=C/c1ccc(C=O)cc1. The van der Waals surface area contributed by atoms with E-state index in [-0.39, 0.29) is 12.5 Å². The fourth-order valence-corrected chi connectivity index (χ4v) is 2.37. The summed E-state index contributed by atoms with van der Waals surface area (Å²) in [4.78, 5) is 28.7. The topological polar surface area (TPSA) is 65.1 Å². The quantitative estimate of drug-likeness (QED) is 0.384. The van der Waals surface area contributed by atoms with Gasteiger partial charge in [-0.25, -0.2) is 5.06 Å². The van der Waals surface area contributed by atoms with Gasteiger partial charge < -0.3 is 9.47 Å². The molecule has 0 radical (unpaired) electrons. The maximum Gasteiger partial charge on any atom is 0.270 e. The number of likely N-dealkylation sites (N-methyl/N-ethyl adjacent to an activating group) is 1. The number of carbonyl (C=O) groups is 2. The van der Waals surface area contributed by atoms with E-state index in [0.29, 0.717) is 23.6 Å². The first-order chi connectivity index (χ1) is 13.1. The van der Waals surface area contributed by atoms with Crippen LogP contribution >= 0.6 is 0 Å². The molecule has 0 aliphatic rings. The van der Waals surface area contributed by atoms with Crippen LogP contribution in [0.1, 0.15) is 28.4 Å². The van der Waals surface area contributed by atoms with Gasteiger partial charge in [-0.2, -0.15) is 0 Å². The first-order valence-corrected chi connectivity index (χ1v) is 8.50. The Morgan fingerprint density at radius 2 is 1.74 bits per heavy atom. The monoisotopic (exact) mass is 369 g/mol. The van der Waals surface area contributed by atoms with Gasteiger partial charge in [0.15, 0.2) is 0 Å². The third kappa shape index (κ3) is 5.69. The van der Waals surface area contributed by atoms with Crippen LogP contribution in [0.5, 0.6) is 11.5 Å². The second kappa shape index (κ2) is 10.1. The minimum atomic E-state index is -0.274. The lowest BCUT2D eigenvalue weighted by Crippen LogP contribution is -2.29. The molecule has 142 valence electrons. The highest BCUT2D eigenvalue weighted by atomic mass is 16.7. The third-order valence-corrected chi connectivity index (χ3v) is 3.89.